The van der Waals surface area contributed by atoms with E-state index in [9.17, 15) is 18.0 Å². The van der Waals surface area contributed by atoms with Gasteiger partial charge in [0.15, 0.2) is 0 Å². The van der Waals surface area contributed by atoms with Crippen LogP contribution >= 0.6 is 0 Å². The summed E-state index contributed by atoms with van der Waals surface area (Å²) in [5.74, 6) is -0.0358. The van der Waals surface area contributed by atoms with E-state index in [0.717, 1.165) is 24.1 Å². The predicted octanol–water partition coefficient (Wildman–Crippen LogP) is 3.72. The molecule has 1 saturated carbocycles. The van der Waals surface area contributed by atoms with Crippen LogP contribution in [0.3, 0.4) is 0 Å². The van der Waals surface area contributed by atoms with Gasteiger partial charge in [-0.2, -0.15) is 13.2 Å². The highest BCUT2D eigenvalue weighted by atomic mass is 19.4. The Morgan fingerprint density at radius 1 is 1.35 bits per heavy atom. The lowest BCUT2D eigenvalue weighted by atomic mass is 10.1. The standard InChI is InChI=1S/C15H18F3NO/c1-3-9(2)19-14(20)13-8-12(13)10-4-6-11(7-5-10)15(16,17)18/h4-7,9,12-13H,3,8H2,1-2H3,(H,19,20). The molecule has 20 heavy (non-hydrogen) atoms. The van der Waals surface area contributed by atoms with Crippen LogP contribution in [0.2, 0.25) is 0 Å². The van der Waals surface area contributed by atoms with Crippen LogP contribution in [0.25, 0.3) is 0 Å². The topological polar surface area (TPSA) is 29.1 Å². The molecule has 1 aliphatic rings. The smallest absolute Gasteiger partial charge is 0.353 e. The summed E-state index contributed by atoms with van der Waals surface area (Å²) in [4.78, 5) is 11.9. The maximum absolute atomic E-state index is 12.5. The van der Waals surface area contributed by atoms with E-state index in [0.29, 0.717) is 6.42 Å². The third kappa shape index (κ3) is 3.32. The fourth-order valence-electron chi connectivity index (χ4n) is 2.22. The summed E-state index contributed by atoms with van der Waals surface area (Å²) in [6.45, 7) is 3.93. The van der Waals surface area contributed by atoms with Crippen molar-refractivity contribution in [3.8, 4) is 0 Å². The van der Waals surface area contributed by atoms with Crippen molar-refractivity contribution < 1.29 is 18.0 Å². The first-order valence-corrected chi connectivity index (χ1v) is 6.80. The summed E-state index contributed by atoms with van der Waals surface area (Å²) < 4.78 is 37.4. The molecule has 2 nitrogen and oxygen atoms in total. The highest BCUT2D eigenvalue weighted by molar-refractivity contribution is 5.83. The van der Waals surface area contributed by atoms with Crippen molar-refractivity contribution in [2.45, 2.75) is 44.8 Å². The summed E-state index contributed by atoms with van der Waals surface area (Å²) in [5, 5.41) is 2.91. The monoisotopic (exact) mass is 285 g/mol. The molecule has 1 fully saturated rings. The van der Waals surface area contributed by atoms with E-state index in [2.05, 4.69) is 5.32 Å². The molecule has 0 aromatic heterocycles. The first-order chi connectivity index (χ1) is 9.32. The lowest BCUT2D eigenvalue weighted by Crippen LogP contribution is -2.33. The van der Waals surface area contributed by atoms with Gasteiger partial charge < -0.3 is 5.32 Å². The Hall–Kier alpha value is -1.52. The molecule has 1 N–H and O–H groups in total. The Balaban J connectivity index is 1.97. The molecule has 0 aliphatic heterocycles. The van der Waals surface area contributed by atoms with Gasteiger partial charge in [-0.1, -0.05) is 19.1 Å². The second-order valence-corrected chi connectivity index (χ2v) is 5.39. The highest BCUT2D eigenvalue weighted by Crippen LogP contribution is 2.48. The number of amides is 1. The molecule has 1 aliphatic carbocycles. The largest absolute Gasteiger partial charge is 0.416 e. The fourth-order valence-corrected chi connectivity index (χ4v) is 2.22. The zero-order valence-corrected chi connectivity index (χ0v) is 11.5. The molecule has 0 heterocycles. The maximum Gasteiger partial charge on any atom is 0.416 e. The average molecular weight is 285 g/mol. The molecule has 5 heteroatoms. The van der Waals surface area contributed by atoms with Crippen LogP contribution in [0, 0.1) is 5.92 Å². The molecule has 3 unspecified atom stereocenters. The molecular formula is C15H18F3NO. The minimum Gasteiger partial charge on any atom is -0.353 e. The van der Waals surface area contributed by atoms with E-state index in [1.54, 1.807) is 0 Å². The third-order valence-electron chi connectivity index (χ3n) is 3.79. The van der Waals surface area contributed by atoms with Gasteiger partial charge in [-0.15, -0.1) is 0 Å². The van der Waals surface area contributed by atoms with Crippen molar-refractivity contribution in [1.29, 1.82) is 0 Å². The van der Waals surface area contributed by atoms with Gasteiger partial charge in [0, 0.05) is 12.0 Å². The number of halogens is 3. The van der Waals surface area contributed by atoms with Crippen molar-refractivity contribution in [2.24, 2.45) is 5.92 Å². The minimum atomic E-state index is -4.31. The number of alkyl halides is 3. The van der Waals surface area contributed by atoms with Crippen molar-refractivity contribution >= 4 is 5.91 Å². The average Bonchev–Trinajstić information content (AvgIpc) is 3.18. The van der Waals surface area contributed by atoms with Crippen molar-refractivity contribution in [3.05, 3.63) is 35.4 Å². The lowest BCUT2D eigenvalue weighted by molar-refractivity contribution is -0.137. The molecule has 0 radical (unpaired) electrons. The van der Waals surface area contributed by atoms with Crippen molar-refractivity contribution in [1.82, 2.24) is 5.32 Å². The predicted molar refractivity (Wildman–Crippen MR) is 70.2 cm³/mol. The summed E-state index contributed by atoms with van der Waals surface area (Å²) in [7, 11) is 0. The van der Waals surface area contributed by atoms with Crippen LogP contribution in [-0.2, 0) is 11.0 Å². The maximum atomic E-state index is 12.5. The van der Waals surface area contributed by atoms with Gasteiger partial charge in [-0.05, 0) is 43.4 Å². The minimum absolute atomic E-state index is 0.00393. The van der Waals surface area contributed by atoms with Crippen LogP contribution in [0.4, 0.5) is 13.2 Å². The highest BCUT2D eigenvalue weighted by Gasteiger charge is 2.44. The van der Waals surface area contributed by atoms with Crippen LogP contribution in [0.5, 0.6) is 0 Å². The molecule has 2 rings (SSSR count). The molecule has 0 spiro atoms. The molecule has 0 bridgehead atoms. The number of carbonyl (C=O) groups is 1. The van der Waals surface area contributed by atoms with E-state index in [1.807, 2.05) is 13.8 Å². The first-order valence-electron chi connectivity index (χ1n) is 6.80. The van der Waals surface area contributed by atoms with Gasteiger partial charge >= 0.3 is 6.18 Å². The van der Waals surface area contributed by atoms with E-state index in [4.69, 9.17) is 0 Å². The summed E-state index contributed by atoms with van der Waals surface area (Å²) in [5.41, 5.74) is 0.157. The zero-order chi connectivity index (χ0) is 14.9. The third-order valence-corrected chi connectivity index (χ3v) is 3.79. The number of rotatable bonds is 4. The molecular weight excluding hydrogens is 267 g/mol. The Kier molecular flexibility index (Phi) is 4.06. The van der Waals surface area contributed by atoms with Gasteiger partial charge in [-0.3, -0.25) is 4.79 Å². The molecule has 110 valence electrons. The lowest BCUT2D eigenvalue weighted by Gasteiger charge is -2.11. The number of nitrogens with one attached hydrogen (secondary N) is 1. The number of hydrogen-bond donors (Lipinski definition) is 1. The van der Waals surface area contributed by atoms with Gasteiger partial charge in [0.2, 0.25) is 5.91 Å². The van der Waals surface area contributed by atoms with Gasteiger partial charge in [0.25, 0.3) is 0 Å². The molecule has 1 aromatic rings. The quantitative estimate of drug-likeness (QED) is 0.897. The van der Waals surface area contributed by atoms with Crippen molar-refractivity contribution in [2.75, 3.05) is 0 Å². The van der Waals surface area contributed by atoms with E-state index in [1.165, 1.54) is 12.1 Å². The first kappa shape index (κ1) is 14.9. The van der Waals surface area contributed by atoms with Crippen LogP contribution in [0.15, 0.2) is 24.3 Å². The fraction of sp³-hybridized carbons (Fsp3) is 0.533. The van der Waals surface area contributed by atoms with Crippen LogP contribution in [0.1, 0.15) is 43.7 Å². The van der Waals surface area contributed by atoms with Gasteiger partial charge in [-0.25, -0.2) is 0 Å². The normalized spacial score (nSPS) is 23.2. The second kappa shape index (κ2) is 5.46. The molecule has 1 amide bonds. The van der Waals surface area contributed by atoms with Crippen molar-refractivity contribution in [3.63, 3.8) is 0 Å². The molecule has 0 saturated heterocycles. The summed E-state index contributed by atoms with van der Waals surface area (Å²) in [6, 6.07) is 5.25. The number of hydrogen-bond acceptors (Lipinski definition) is 1. The number of benzene rings is 1. The SMILES string of the molecule is CCC(C)NC(=O)C1CC1c1ccc(C(F)(F)F)cc1. The summed E-state index contributed by atoms with van der Waals surface area (Å²) >= 11 is 0. The second-order valence-electron chi connectivity index (χ2n) is 5.39. The van der Waals surface area contributed by atoms with Crippen LogP contribution < -0.4 is 5.32 Å². The Bertz CT molecular complexity index is 481. The Morgan fingerprint density at radius 2 is 1.95 bits per heavy atom. The summed E-state index contributed by atoms with van der Waals surface area (Å²) in [6.07, 6.45) is -2.73. The zero-order valence-electron chi connectivity index (χ0n) is 11.5. The van der Waals surface area contributed by atoms with E-state index in [-0.39, 0.29) is 23.8 Å². The van der Waals surface area contributed by atoms with E-state index >= 15 is 0 Å². The van der Waals surface area contributed by atoms with E-state index < -0.39 is 11.7 Å². The number of carbonyl (C=O) groups excluding carboxylic acids is 1. The molecule has 1 aromatic carbocycles. The Morgan fingerprint density at radius 3 is 2.45 bits per heavy atom. The van der Waals surface area contributed by atoms with Gasteiger partial charge in [0.05, 0.1) is 5.56 Å². The van der Waals surface area contributed by atoms with Crippen LogP contribution in [-0.4, -0.2) is 11.9 Å². The Labute approximate surface area is 116 Å². The molecule has 3 atom stereocenters. The van der Waals surface area contributed by atoms with Gasteiger partial charge in [0.1, 0.15) is 0 Å².